The normalized spacial score (nSPS) is 52.2. The van der Waals surface area contributed by atoms with E-state index in [2.05, 4.69) is 6.92 Å². The number of esters is 2. The fraction of sp³-hybridized carbons (Fsp3) is 0.700. The molecule has 6 atom stereocenters. The number of hydrogen-bond donors (Lipinski definition) is 1. The molecule has 6 unspecified atom stereocenters. The number of carbonyl (C=O) groups excluding carboxylic acids is 2. The number of rotatable bonds is 1. The molecule has 2 aliphatic heterocycles. The van der Waals surface area contributed by atoms with E-state index in [-0.39, 0.29) is 12.4 Å². The Balaban J connectivity index is 1.72. The lowest BCUT2D eigenvalue weighted by molar-refractivity contribution is -0.244. The number of hydrogen-bond acceptors (Lipinski definition) is 6. The van der Waals surface area contributed by atoms with Crippen molar-refractivity contribution >= 4 is 11.9 Å². The standard InChI is InChI=1S/C20H24O6/c1-16-5-8-20(26-14(16)21)17(16,2)6-7-18(3,23)19(20)10-13(25-15(19)22)12-4-9-24-11-12/h4,9,11,13,23H,5-8,10H2,1-3H3. The average molecular weight is 360 g/mol. The Morgan fingerprint density at radius 3 is 2.50 bits per heavy atom. The Bertz CT molecular complexity index is 812. The van der Waals surface area contributed by atoms with Crippen molar-refractivity contribution in [2.45, 2.75) is 70.2 Å². The maximum Gasteiger partial charge on any atom is 0.319 e. The van der Waals surface area contributed by atoms with Crippen LogP contribution in [0.25, 0.3) is 0 Å². The van der Waals surface area contributed by atoms with Crippen molar-refractivity contribution in [1.82, 2.24) is 0 Å². The third-order valence-corrected chi connectivity index (χ3v) is 8.53. The summed E-state index contributed by atoms with van der Waals surface area (Å²) in [6.07, 6.45) is 5.22. The Kier molecular flexibility index (Phi) is 2.74. The van der Waals surface area contributed by atoms with E-state index in [0.717, 1.165) is 5.56 Å². The van der Waals surface area contributed by atoms with Crippen LogP contribution >= 0.6 is 0 Å². The van der Waals surface area contributed by atoms with Crippen LogP contribution in [0.5, 0.6) is 0 Å². The molecule has 6 heteroatoms. The topological polar surface area (TPSA) is 86.0 Å². The van der Waals surface area contributed by atoms with Gasteiger partial charge in [0.2, 0.25) is 0 Å². The highest BCUT2D eigenvalue weighted by Gasteiger charge is 2.87. The Labute approximate surface area is 151 Å². The van der Waals surface area contributed by atoms with Crippen molar-refractivity contribution in [3.8, 4) is 0 Å². The summed E-state index contributed by atoms with van der Waals surface area (Å²) >= 11 is 0. The van der Waals surface area contributed by atoms with Crippen LogP contribution in [0.15, 0.2) is 23.0 Å². The van der Waals surface area contributed by atoms with Gasteiger partial charge >= 0.3 is 11.9 Å². The average Bonchev–Trinajstić information content (AvgIpc) is 3.29. The minimum atomic E-state index is -1.31. The summed E-state index contributed by atoms with van der Waals surface area (Å²) in [5.74, 6) is -0.707. The molecule has 26 heavy (non-hydrogen) atoms. The van der Waals surface area contributed by atoms with E-state index < -0.39 is 39.5 Å². The van der Waals surface area contributed by atoms with E-state index in [1.165, 1.54) is 6.26 Å². The first-order valence-electron chi connectivity index (χ1n) is 9.33. The zero-order chi connectivity index (χ0) is 18.6. The van der Waals surface area contributed by atoms with Gasteiger partial charge in [0.15, 0.2) is 0 Å². The smallest absolute Gasteiger partial charge is 0.319 e. The molecule has 0 aromatic carbocycles. The molecular formula is C20H24O6. The van der Waals surface area contributed by atoms with Gasteiger partial charge in [0.1, 0.15) is 17.1 Å². The van der Waals surface area contributed by atoms with Crippen molar-refractivity contribution in [3.05, 3.63) is 24.2 Å². The molecule has 1 aromatic rings. The second-order valence-electron chi connectivity index (χ2n) is 9.21. The molecule has 2 bridgehead atoms. The molecule has 140 valence electrons. The van der Waals surface area contributed by atoms with Gasteiger partial charge < -0.3 is 19.0 Å². The van der Waals surface area contributed by atoms with Gasteiger partial charge in [0.25, 0.3) is 0 Å². The van der Waals surface area contributed by atoms with Crippen LogP contribution in [0.3, 0.4) is 0 Å². The molecule has 2 aliphatic carbocycles. The highest BCUT2D eigenvalue weighted by atomic mass is 16.6. The van der Waals surface area contributed by atoms with Crippen LogP contribution in [0.4, 0.5) is 0 Å². The summed E-state index contributed by atoms with van der Waals surface area (Å²) in [6, 6.07) is 1.77. The van der Waals surface area contributed by atoms with E-state index in [0.29, 0.717) is 25.7 Å². The highest BCUT2D eigenvalue weighted by Crippen LogP contribution is 2.79. The van der Waals surface area contributed by atoms with Crippen LogP contribution < -0.4 is 0 Å². The van der Waals surface area contributed by atoms with Crippen molar-refractivity contribution in [1.29, 1.82) is 0 Å². The highest BCUT2D eigenvalue weighted by molar-refractivity contribution is 5.89. The molecule has 0 amide bonds. The van der Waals surface area contributed by atoms with Crippen molar-refractivity contribution < 1.29 is 28.6 Å². The molecule has 1 aromatic heterocycles. The predicted octanol–water partition coefficient (Wildman–Crippen LogP) is 2.90. The lowest BCUT2D eigenvalue weighted by Crippen LogP contribution is -2.70. The largest absolute Gasteiger partial charge is 0.472 e. The minimum Gasteiger partial charge on any atom is -0.472 e. The third kappa shape index (κ3) is 1.37. The maximum atomic E-state index is 13.3. The van der Waals surface area contributed by atoms with Crippen LogP contribution in [0.2, 0.25) is 0 Å². The molecule has 2 saturated carbocycles. The molecule has 0 radical (unpaired) electrons. The fourth-order valence-electron chi connectivity index (χ4n) is 6.62. The van der Waals surface area contributed by atoms with Crippen LogP contribution in [-0.4, -0.2) is 28.2 Å². The van der Waals surface area contributed by atoms with Crippen molar-refractivity contribution in [2.75, 3.05) is 0 Å². The third-order valence-electron chi connectivity index (χ3n) is 8.53. The summed E-state index contributed by atoms with van der Waals surface area (Å²) in [7, 11) is 0. The summed E-state index contributed by atoms with van der Waals surface area (Å²) in [6.45, 7) is 5.70. The Morgan fingerprint density at radius 2 is 1.85 bits per heavy atom. The second kappa shape index (κ2) is 4.35. The van der Waals surface area contributed by atoms with Gasteiger partial charge in [-0.2, -0.15) is 0 Å². The maximum absolute atomic E-state index is 13.3. The van der Waals surface area contributed by atoms with E-state index in [9.17, 15) is 14.7 Å². The van der Waals surface area contributed by atoms with Gasteiger partial charge in [0.05, 0.1) is 23.5 Å². The quantitative estimate of drug-likeness (QED) is 0.775. The Hall–Kier alpha value is -1.82. The number of ether oxygens (including phenoxy) is 2. The molecule has 1 N–H and O–H groups in total. The monoisotopic (exact) mass is 360 g/mol. The zero-order valence-electron chi connectivity index (χ0n) is 15.3. The molecule has 4 aliphatic rings. The number of furan rings is 1. The van der Waals surface area contributed by atoms with E-state index in [1.807, 2.05) is 6.92 Å². The minimum absolute atomic E-state index is 0.247. The van der Waals surface area contributed by atoms with Crippen molar-refractivity contribution in [3.63, 3.8) is 0 Å². The van der Waals surface area contributed by atoms with Gasteiger partial charge in [-0.05, 0) is 45.6 Å². The summed E-state index contributed by atoms with van der Waals surface area (Å²) < 4.78 is 16.9. The van der Waals surface area contributed by atoms with Gasteiger partial charge in [-0.15, -0.1) is 0 Å². The first-order chi connectivity index (χ1) is 12.1. The molecular weight excluding hydrogens is 336 g/mol. The molecule has 5 rings (SSSR count). The zero-order valence-corrected chi connectivity index (χ0v) is 15.3. The van der Waals surface area contributed by atoms with Crippen LogP contribution in [0.1, 0.15) is 64.5 Å². The first kappa shape index (κ1) is 16.4. The lowest BCUT2D eigenvalue weighted by atomic mass is 9.45. The molecule has 4 fully saturated rings. The Morgan fingerprint density at radius 1 is 1.08 bits per heavy atom. The first-order valence-corrected chi connectivity index (χ1v) is 9.33. The van der Waals surface area contributed by atoms with Crippen LogP contribution in [-0.2, 0) is 19.1 Å². The molecule has 1 spiro atoms. The van der Waals surface area contributed by atoms with E-state index >= 15 is 0 Å². The number of aliphatic hydroxyl groups is 1. The fourth-order valence-corrected chi connectivity index (χ4v) is 6.62. The molecule has 2 saturated heterocycles. The predicted molar refractivity (Wildman–Crippen MR) is 88.7 cm³/mol. The summed E-state index contributed by atoms with van der Waals surface area (Å²) in [4.78, 5) is 26.2. The molecule has 3 heterocycles. The van der Waals surface area contributed by atoms with E-state index in [1.54, 1.807) is 19.3 Å². The number of carbonyl (C=O) groups is 2. The van der Waals surface area contributed by atoms with Gasteiger partial charge in [0, 0.05) is 17.4 Å². The summed E-state index contributed by atoms with van der Waals surface area (Å²) in [5.41, 5.74) is -3.95. The van der Waals surface area contributed by atoms with Gasteiger partial charge in [-0.25, -0.2) is 0 Å². The SMILES string of the molecule is CC1(O)CCC2(C)C3(C)CCC2(OC3=O)C12CC(c1ccoc1)OC2=O. The van der Waals surface area contributed by atoms with Crippen molar-refractivity contribution in [2.24, 2.45) is 16.2 Å². The van der Waals surface area contributed by atoms with E-state index in [4.69, 9.17) is 13.9 Å². The lowest BCUT2D eigenvalue weighted by Gasteiger charge is -2.59. The number of cyclic esters (lactones) is 1. The summed E-state index contributed by atoms with van der Waals surface area (Å²) in [5, 5.41) is 11.4. The van der Waals surface area contributed by atoms with Gasteiger partial charge in [-0.3, -0.25) is 9.59 Å². The van der Waals surface area contributed by atoms with Crippen LogP contribution in [0, 0.1) is 16.2 Å². The second-order valence-corrected chi connectivity index (χ2v) is 9.21. The molecule has 6 nitrogen and oxygen atoms in total. The van der Waals surface area contributed by atoms with Gasteiger partial charge in [-0.1, -0.05) is 6.92 Å².